The standard InChI is InChI=1S/C19H24O/c1-4-5-6-15-7-8-17(14(2)3)13-19(15)16-9-11-18(20)12-10-16/h7-14,20H,4-6H2,1-3H3. The highest BCUT2D eigenvalue weighted by molar-refractivity contribution is 5.69. The lowest BCUT2D eigenvalue weighted by Crippen LogP contribution is -1.95. The fraction of sp³-hybridized carbons (Fsp3) is 0.368. The van der Waals surface area contributed by atoms with Crippen molar-refractivity contribution in [1.82, 2.24) is 0 Å². The number of phenols is 1. The van der Waals surface area contributed by atoms with E-state index in [1.165, 1.54) is 35.1 Å². The van der Waals surface area contributed by atoms with Crippen molar-refractivity contribution in [3.8, 4) is 16.9 Å². The van der Waals surface area contributed by atoms with E-state index in [-0.39, 0.29) is 0 Å². The molecular formula is C19H24O. The van der Waals surface area contributed by atoms with Gasteiger partial charge in [0.1, 0.15) is 5.75 Å². The molecule has 1 N–H and O–H groups in total. The van der Waals surface area contributed by atoms with E-state index in [1.54, 1.807) is 12.1 Å². The number of rotatable bonds is 5. The van der Waals surface area contributed by atoms with Crippen molar-refractivity contribution in [2.24, 2.45) is 0 Å². The lowest BCUT2D eigenvalue weighted by atomic mass is 9.91. The maximum absolute atomic E-state index is 9.46. The molecule has 0 radical (unpaired) electrons. The van der Waals surface area contributed by atoms with Gasteiger partial charge in [0.05, 0.1) is 0 Å². The minimum Gasteiger partial charge on any atom is -0.508 e. The van der Waals surface area contributed by atoms with Gasteiger partial charge in [-0.3, -0.25) is 0 Å². The molecule has 2 aromatic carbocycles. The number of hydrogen-bond donors (Lipinski definition) is 1. The summed E-state index contributed by atoms with van der Waals surface area (Å²) in [6.07, 6.45) is 3.54. The van der Waals surface area contributed by atoms with Crippen LogP contribution in [0.2, 0.25) is 0 Å². The highest BCUT2D eigenvalue weighted by Gasteiger charge is 2.08. The topological polar surface area (TPSA) is 20.2 Å². The molecule has 2 aromatic rings. The summed E-state index contributed by atoms with van der Waals surface area (Å²) in [5.41, 5.74) is 5.27. The van der Waals surface area contributed by atoms with Gasteiger partial charge in [-0.2, -0.15) is 0 Å². The van der Waals surface area contributed by atoms with Gasteiger partial charge >= 0.3 is 0 Å². The zero-order chi connectivity index (χ0) is 14.5. The van der Waals surface area contributed by atoms with E-state index in [4.69, 9.17) is 0 Å². The van der Waals surface area contributed by atoms with Gasteiger partial charge in [-0.05, 0) is 53.1 Å². The van der Waals surface area contributed by atoms with E-state index in [2.05, 4.69) is 39.0 Å². The molecule has 20 heavy (non-hydrogen) atoms. The molecule has 0 aliphatic carbocycles. The summed E-state index contributed by atoms with van der Waals surface area (Å²) in [5.74, 6) is 0.856. The van der Waals surface area contributed by atoms with Crippen LogP contribution in [0.3, 0.4) is 0 Å². The molecule has 0 spiro atoms. The molecule has 0 bridgehead atoms. The van der Waals surface area contributed by atoms with Gasteiger partial charge in [0.15, 0.2) is 0 Å². The van der Waals surface area contributed by atoms with E-state index in [0.29, 0.717) is 11.7 Å². The zero-order valence-electron chi connectivity index (χ0n) is 12.7. The zero-order valence-corrected chi connectivity index (χ0v) is 12.7. The van der Waals surface area contributed by atoms with E-state index >= 15 is 0 Å². The molecule has 0 aliphatic rings. The molecule has 0 unspecified atom stereocenters. The second kappa shape index (κ2) is 6.60. The highest BCUT2D eigenvalue weighted by Crippen LogP contribution is 2.30. The first kappa shape index (κ1) is 14.6. The van der Waals surface area contributed by atoms with Crippen molar-refractivity contribution >= 4 is 0 Å². The van der Waals surface area contributed by atoms with Gasteiger partial charge in [0, 0.05) is 0 Å². The van der Waals surface area contributed by atoms with Crippen LogP contribution in [0, 0.1) is 0 Å². The third-order valence-electron chi connectivity index (χ3n) is 3.78. The first-order chi connectivity index (χ1) is 9.61. The normalized spacial score (nSPS) is 11.0. The van der Waals surface area contributed by atoms with Gasteiger partial charge in [0.2, 0.25) is 0 Å². The summed E-state index contributed by atoms with van der Waals surface area (Å²) >= 11 is 0. The average Bonchev–Trinajstić information content (AvgIpc) is 2.45. The Morgan fingerprint density at radius 3 is 2.30 bits per heavy atom. The molecule has 0 heterocycles. The van der Waals surface area contributed by atoms with Crippen molar-refractivity contribution in [3.05, 3.63) is 53.6 Å². The molecule has 106 valence electrons. The second-order valence-corrected chi connectivity index (χ2v) is 5.72. The number of aromatic hydroxyl groups is 1. The number of aryl methyl sites for hydroxylation is 1. The largest absolute Gasteiger partial charge is 0.508 e. The quantitative estimate of drug-likeness (QED) is 0.756. The Hall–Kier alpha value is -1.76. The monoisotopic (exact) mass is 268 g/mol. The van der Waals surface area contributed by atoms with Gasteiger partial charge < -0.3 is 5.11 Å². The molecule has 0 fully saturated rings. The molecule has 1 nitrogen and oxygen atoms in total. The molecule has 0 saturated heterocycles. The molecule has 0 aliphatic heterocycles. The Kier molecular flexibility index (Phi) is 4.84. The van der Waals surface area contributed by atoms with Gasteiger partial charge in [-0.25, -0.2) is 0 Å². The lowest BCUT2D eigenvalue weighted by molar-refractivity contribution is 0.475. The molecule has 0 atom stereocenters. The Bertz CT molecular complexity index is 552. The SMILES string of the molecule is CCCCc1ccc(C(C)C)cc1-c1ccc(O)cc1. The summed E-state index contributed by atoms with van der Waals surface area (Å²) in [6, 6.07) is 14.4. The Balaban J connectivity index is 2.45. The first-order valence-electron chi connectivity index (χ1n) is 7.54. The van der Waals surface area contributed by atoms with Crippen molar-refractivity contribution in [2.75, 3.05) is 0 Å². The smallest absolute Gasteiger partial charge is 0.115 e. The second-order valence-electron chi connectivity index (χ2n) is 5.72. The van der Waals surface area contributed by atoms with Crippen LogP contribution in [0.1, 0.15) is 50.7 Å². The summed E-state index contributed by atoms with van der Waals surface area (Å²) in [4.78, 5) is 0. The van der Waals surface area contributed by atoms with Crippen molar-refractivity contribution < 1.29 is 5.11 Å². The number of benzene rings is 2. The van der Waals surface area contributed by atoms with Gasteiger partial charge in [-0.1, -0.05) is 57.5 Å². The van der Waals surface area contributed by atoms with E-state index in [9.17, 15) is 5.11 Å². The maximum Gasteiger partial charge on any atom is 0.115 e. The average molecular weight is 268 g/mol. The number of phenolic OH excluding ortho intramolecular Hbond substituents is 1. The van der Waals surface area contributed by atoms with Crippen molar-refractivity contribution in [3.63, 3.8) is 0 Å². The summed E-state index contributed by atoms with van der Waals surface area (Å²) in [5, 5.41) is 9.46. The molecule has 0 saturated carbocycles. The van der Waals surface area contributed by atoms with Crippen LogP contribution >= 0.6 is 0 Å². The van der Waals surface area contributed by atoms with Crippen molar-refractivity contribution in [2.45, 2.75) is 46.0 Å². The van der Waals surface area contributed by atoms with E-state index in [1.807, 2.05) is 12.1 Å². The minimum atomic E-state index is 0.323. The van der Waals surface area contributed by atoms with E-state index in [0.717, 1.165) is 6.42 Å². The summed E-state index contributed by atoms with van der Waals surface area (Å²) < 4.78 is 0. The number of hydrogen-bond acceptors (Lipinski definition) is 1. The van der Waals surface area contributed by atoms with Crippen LogP contribution < -0.4 is 0 Å². The fourth-order valence-electron chi connectivity index (χ4n) is 2.45. The van der Waals surface area contributed by atoms with Gasteiger partial charge in [-0.15, -0.1) is 0 Å². The Morgan fingerprint density at radius 1 is 1.00 bits per heavy atom. The number of unbranched alkanes of at least 4 members (excludes halogenated alkanes) is 1. The Labute approximate surface area is 122 Å². The molecule has 0 aromatic heterocycles. The summed E-state index contributed by atoms with van der Waals surface area (Å²) in [6.45, 7) is 6.67. The molecule has 2 rings (SSSR count). The van der Waals surface area contributed by atoms with Crippen molar-refractivity contribution in [1.29, 1.82) is 0 Å². The van der Waals surface area contributed by atoms with Crippen LogP contribution in [0.15, 0.2) is 42.5 Å². The summed E-state index contributed by atoms with van der Waals surface area (Å²) in [7, 11) is 0. The van der Waals surface area contributed by atoms with Crippen LogP contribution in [0.25, 0.3) is 11.1 Å². The van der Waals surface area contributed by atoms with Crippen LogP contribution in [0.5, 0.6) is 5.75 Å². The predicted molar refractivity (Wildman–Crippen MR) is 86.2 cm³/mol. The van der Waals surface area contributed by atoms with Gasteiger partial charge in [0.25, 0.3) is 0 Å². The third-order valence-corrected chi connectivity index (χ3v) is 3.78. The Morgan fingerprint density at radius 2 is 1.70 bits per heavy atom. The van der Waals surface area contributed by atoms with Crippen LogP contribution in [-0.2, 0) is 6.42 Å². The predicted octanol–water partition coefficient (Wildman–Crippen LogP) is 5.53. The lowest BCUT2D eigenvalue weighted by Gasteiger charge is -2.14. The molecular weight excluding hydrogens is 244 g/mol. The van der Waals surface area contributed by atoms with Crippen LogP contribution in [-0.4, -0.2) is 5.11 Å². The van der Waals surface area contributed by atoms with Crippen LogP contribution in [0.4, 0.5) is 0 Å². The third kappa shape index (κ3) is 3.41. The maximum atomic E-state index is 9.46. The first-order valence-corrected chi connectivity index (χ1v) is 7.54. The van der Waals surface area contributed by atoms with E-state index < -0.39 is 0 Å². The fourth-order valence-corrected chi connectivity index (χ4v) is 2.45. The molecule has 0 amide bonds. The molecule has 1 heteroatoms. The highest BCUT2D eigenvalue weighted by atomic mass is 16.3. The minimum absolute atomic E-state index is 0.323.